The maximum absolute atomic E-state index is 13.1. The summed E-state index contributed by atoms with van der Waals surface area (Å²) in [5.74, 6) is 0.986. The van der Waals surface area contributed by atoms with Crippen molar-refractivity contribution in [2.45, 2.75) is 24.7 Å². The fourth-order valence-electron chi connectivity index (χ4n) is 3.30. The molecule has 1 amide bonds. The maximum Gasteiger partial charge on any atom is 0.264 e. The Balaban J connectivity index is 1.89. The third kappa shape index (κ3) is 4.51. The molecule has 1 saturated heterocycles. The van der Waals surface area contributed by atoms with E-state index in [1.807, 2.05) is 0 Å². The fourth-order valence-corrected chi connectivity index (χ4v) is 4.72. The molecule has 156 valence electrons. The van der Waals surface area contributed by atoms with E-state index in [1.54, 1.807) is 36.3 Å². The van der Waals surface area contributed by atoms with Crippen molar-refractivity contribution in [1.82, 2.24) is 4.90 Å². The van der Waals surface area contributed by atoms with E-state index >= 15 is 0 Å². The van der Waals surface area contributed by atoms with Crippen molar-refractivity contribution >= 4 is 33.2 Å². The predicted octanol–water partition coefficient (Wildman–Crippen LogP) is 4.05. The molecule has 3 rings (SSSR count). The number of rotatable bonds is 5. The molecule has 0 bridgehead atoms. The minimum absolute atomic E-state index is 0.0222. The van der Waals surface area contributed by atoms with Gasteiger partial charge in [0, 0.05) is 20.1 Å². The first-order valence-electron chi connectivity index (χ1n) is 9.46. The Bertz CT molecular complexity index is 984. The van der Waals surface area contributed by atoms with Crippen LogP contribution < -0.4 is 9.04 Å². The summed E-state index contributed by atoms with van der Waals surface area (Å²) in [4.78, 5) is 14.7. The summed E-state index contributed by atoms with van der Waals surface area (Å²) in [7, 11) is -0.843. The van der Waals surface area contributed by atoms with Crippen LogP contribution in [-0.4, -0.2) is 46.5 Å². The number of carbonyl (C=O) groups is 1. The number of likely N-dealkylation sites (tertiary alicyclic amines) is 1. The number of hydrogen-bond donors (Lipinski definition) is 0. The first kappa shape index (κ1) is 21.5. The molecular formula is C21H25ClN2O4S. The summed E-state index contributed by atoms with van der Waals surface area (Å²) >= 11 is 6.25. The lowest BCUT2D eigenvalue weighted by atomic mass is 9.98. The number of halogens is 1. The molecule has 0 atom stereocenters. The highest BCUT2D eigenvalue weighted by Crippen LogP contribution is 2.28. The molecule has 0 aromatic heterocycles. The number of anilines is 1. The fraction of sp³-hybridized carbons (Fsp3) is 0.381. The Morgan fingerprint density at radius 3 is 2.34 bits per heavy atom. The van der Waals surface area contributed by atoms with Crippen LogP contribution in [0.3, 0.4) is 0 Å². The minimum Gasteiger partial charge on any atom is -0.497 e. The zero-order chi connectivity index (χ0) is 21.2. The quantitative estimate of drug-likeness (QED) is 0.709. The van der Waals surface area contributed by atoms with Gasteiger partial charge in [-0.05, 0) is 61.2 Å². The summed E-state index contributed by atoms with van der Waals surface area (Å²) in [5.41, 5.74) is 0.698. The van der Waals surface area contributed by atoms with E-state index in [9.17, 15) is 13.2 Å². The third-order valence-electron chi connectivity index (χ3n) is 5.33. The summed E-state index contributed by atoms with van der Waals surface area (Å²) in [6.45, 7) is 3.47. The first-order chi connectivity index (χ1) is 13.7. The molecule has 0 saturated carbocycles. The number of carbonyl (C=O) groups excluding carboxylic acids is 1. The Morgan fingerprint density at radius 2 is 1.76 bits per heavy atom. The molecule has 6 nitrogen and oxygen atoms in total. The molecular weight excluding hydrogens is 412 g/mol. The number of nitrogens with zero attached hydrogens (tertiary/aromatic N) is 2. The molecule has 1 aliphatic rings. The highest BCUT2D eigenvalue weighted by atomic mass is 35.5. The van der Waals surface area contributed by atoms with E-state index in [0.29, 0.717) is 30.4 Å². The lowest BCUT2D eigenvalue weighted by molar-refractivity contribution is 0.0697. The number of methoxy groups -OCH3 is 1. The van der Waals surface area contributed by atoms with Crippen molar-refractivity contribution in [3.63, 3.8) is 0 Å². The van der Waals surface area contributed by atoms with E-state index in [1.165, 1.54) is 29.6 Å². The van der Waals surface area contributed by atoms with Gasteiger partial charge in [0.1, 0.15) is 5.75 Å². The van der Waals surface area contributed by atoms with Crippen LogP contribution in [0.15, 0.2) is 47.4 Å². The molecule has 29 heavy (non-hydrogen) atoms. The zero-order valence-corrected chi connectivity index (χ0v) is 18.3. The van der Waals surface area contributed by atoms with Gasteiger partial charge in [0.25, 0.3) is 15.9 Å². The number of ether oxygens (including phenoxy) is 1. The second-order valence-electron chi connectivity index (χ2n) is 7.29. The Labute approximate surface area is 177 Å². The van der Waals surface area contributed by atoms with Gasteiger partial charge >= 0.3 is 0 Å². The van der Waals surface area contributed by atoms with E-state index in [4.69, 9.17) is 16.3 Å². The molecule has 0 spiro atoms. The van der Waals surface area contributed by atoms with Gasteiger partial charge in [0.05, 0.1) is 28.3 Å². The van der Waals surface area contributed by atoms with Crippen molar-refractivity contribution in [1.29, 1.82) is 0 Å². The second kappa shape index (κ2) is 8.63. The van der Waals surface area contributed by atoms with Crippen molar-refractivity contribution in [3.8, 4) is 5.75 Å². The average Bonchev–Trinajstić information content (AvgIpc) is 2.73. The third-order valence-corrected chi connectivity index (χ3v) is 7.44. The molecule has 8 heteroatoms. The molecule has 1 aliphatic heterocycles. The number of hydrogen-bond acceptors (Lipinski definition) is 4. The number of piperidine rings is 1. The van der Waals surface area contributed by atoms with Crippen molar-refractivity contribution < 1.29 is 17.9 Å². The van der Waals surface area contributed by atoms with Gasteiger partial charge in [-0.3, -0.25) is 9.10 Å². The summed E-state index contributed by atoms with van der Waals surface area (Å²) in [6.07, 6.45) is 1.86. The van der Waals surface area contributed by atoms with Crippen LogP contribution in [0.1, 0.15) is 30.1 Å². The molecule has 0 radical (unpaired) electrons. The Hall–Kier alpha value is -2.25. The van der Waals surface area contributed by atoms with Gasteiger partial charge in [-0.15, -0.1) is 0 Å². The van der Waals surface area contributed by atoms with Crippen LogP contribution in [-0.2, 0) is 10.0 Å². The van der Waals surface area contributed by atoms with Crippen LogP contribution in [0.25, 0.3) is 0 Å². The average molecular weight is 437 g/mol. The number of benzene rings is 2. The van der Waals surface area contributed by atoms with Crippen LogP contribution in [0.4, 0.5) is 5.69 Å². The molecule has 0 aliphatic carbocycles. The summed E-state index contributed by atoms with van der Waals surface area (Å²) < 4.78 is 32.5. The van der Waals surface area contributed by atoms with Crippen LogP contribution in [0.2, 0.25) is 5.02 Å². The van der Waals surface area contributed by atoms with Gasteiger partial charge in [-0.1, -0.05) is 18.5 Å². The van der Waals surface area contributed by atoms with E-state index in [0.717, 1.165) is 12.8 Å². The minimum atomic E-state index is -3.86. The number of amides is 1. The largest absolute Gasteiger partial charge is 0.497 e. The van der Waals surface area contributed by atoms with E-state index < -0.39 is 10.0 Å². The van der Waals surface area contributed by atoms with Gasteiger partial charge in [0.15, 0.2) is 0 Å². The lowest BCUT2D eigenvalue weighted by Gasteiger charge is -2.30. The monoisotopic (exact) mass is 436 g/mol. The van der Waals surface area contributed by atoms with E-state index in [-0.39, 0.29) is 21.4 Å². The standard InChI is InChI=1S/C21H25ClN2O4S/c1-15-10-12-24(13-11-15)21(25)19-14-18(8-9-20(19)22)29(26,27)23(2)16-4-6-17(28-3)7-5-16/h4-9,14-15H,10-13H2,1-3H3. The SMILES string of the molecule is COc1ccc(N(C)S(=O)(=O)c2ccc(Cl)c(C(=O)N3CCC(C)CC3)c2)cc1. The van der Waals surface area contributed by atoms with Crippen LogP contribution in [0, 0.1) is 5.92 Å². The van der Waals surface area contributed by atoms with Crippen LogP contribution >= 0.6 is 11.6 Å². The van der Waals surface area contributed by atoms with Crippen molar-refractivity contribution in [2.75, 3.05) is 31.6 Å². The van der Waals surface area contributed by atoms with Gasteiger partial charge in [0.2, 0.25) is 0 Å². The second-order valence-corrected chi connectivity index (χ2v) is 9.66. The highest BCUT2D eigenvalue weighted by molar-refractivity contribution is 7.92. The first-order valence-corrected chi connectivity index (χ1v) is 11.3. The van der Waals surface area contributed by atoms with E-state index in [2.05, 4.69) is 6.92 Å². The molecule has 2 aromatic rings. The van der Waals surface area contributed by atoms with Gasteiger partial charge in [-0.2, -0.15) is 0 Å². The van der Waals surface area contributed by atoms with Crippen molar-refractivity contribution in [2.24, 2.45) is 5.92 Å². The molecule has 2 aromatic carbocycles. The normalized spacial score (nSPS) is 15.2. The molecule has 1 heterocycles. The highest BCUT2D eigenvalue weighted by Gasteiger charge is 2.27. The van der Waals surface area contributed by atoms with Gasteiger partial charge in [-0.25, -0.2) is 8.42 Å². The Kier molecular flexibility index (Phi) is 6.39. The van der Waals surface area contributed by atoms with Crippen LogP contribution in [0.5, 0.6) is 5.75 Å². The summed E-state index contributed by atoms with van der Waals surface area (Å²) in [6, 6.07) is 11.0. The predicted molar refractivity (Wildman–Crippen MR) is 114 cm³/mol. The zero-order valence-electron chi connectivity index (χ0n) is 16.8. The number of sulfonamides is 1. The van der Waals surface area contributed by atoms with Crippen molar-refractivity contribution in [3.05, 3.63) is 53.1 Å². The Morgan fingerprint density at radius 1 is 1.14 bits per heavy atom. The molecule has 0 N–H and O–H groups in total. The topological polar surface area (TPSA) is 66.9 Å². The summed E-state index contributed by atoms with van der Waals surface area (Å²) in [5, 5.41) is 0.250. The molecule has 0 unspecified atom stereocenters. The molecule has 1 fully saturated rings. The smallest absolute Gasteiger partial charge is 0.264 e. The maximum atomic E-state index is 13.1. The van der Waals surface area contributed by atoms with Gasteiger partial charge < -0.3 is 9.64 Å². The lowest BCUT2D eigenvalue weighted by Crippen LogP contribution is -2.38.